The maximum absolute atomic E-state index is 11.9. The fourth-order valence-corrected chi connectivity index (χ4v) is 1.99. The third-order valence-corrected chi connectivity index (χ3v) is 3.04. The first-order chi connectivity index (χ1) is 8.61. The lowest BCUT2D eigenvalue weighted by Crippen LogP contribution is -2.30. The van der Waals surface area contributed by atoms with Crippen molar-refractivity contribution in [1.29, 1.82) is 0 Å². The lowest BCUT2D eigenvalue weighted by Gasteiger charge is -2.25. The van der Waals surface area contributed by atoms with Crippen LogP contribution in [0.1, 0.15) is 44.9 Å². The predicted molar refractivity (Wildman–Crippen MR) is 76.2 cm³/mol. The fourth-order valence-electron chi connectivity index (χ4n) is 1.76. The summed E-state index contributed by atoms with van der Waals surface area (Å²) >= 11 is 5.88. The molecule has 0 spiro atoms. The molecule has 0 aliphatic carbocycles. The van der Waals surface area contributed by atoms with E-state index < -0.39 is 23.6 Å². The molecule has 0 aromatic heterocycles. The van der Waals surface area contributed by atoms with Gasteiger partial charge in [0, 0.05) is 5.02 Å². The molecule has 1 aromatic carbocycles. The summed E-state index contributed by atoms with van der Waals surface area (Å²) in [5.74, 6) is -1.03. The van der Waals surface area contributed by atoms with Gasteiger partial charge in [-0.25, -0.2) is 0 Å². The molecule has 0 saturated carbocycles. The molecule has 0 bridgehead atoms. The molecule has 0 aliphatic heterocycles. The van der Waals surface area contributed by atoms with E-state index in [-0.39, 0.29) is 0 Å². The van der Waals surface area contributed by atoms with Gasteiger partial charge in [-0.05, 0) is 57.9 Å². The van der Waals surface area contributed by atoms with E-state index in [0.29, 0.717) is 10.6 Å². The number of aryl methyl sites for hydroxylation is 1. The van der Waals surface area contributed by atoms with Gasteiger partial charge in [0.25, 0.3) is 0 Å². The van der Waals surface area contributed by atoms with E-state index in [4.69, 9.17) is 16.3 Å². The number of carbonyl (C=O) groups excluding carboxylic acids is 1. The van der Waals surface area contributed by atoms with E-state index in [0.717, 1.165) is 5.56 Å². The van der Waals surface area contributed by atoms with E-state index in [1.54, 1.807) is 45.9 Å². The van der Waals surface area contributed by atoms with Crippen molar-refractivity contribution in [1.82, 2.24) is 0 Å². The summed E-state index contributed by atoms with van der Waals surface area (Å²) in [6.45, 7) is 8.92. The summed E-state index contributed by atoms with van der Waals surface area (Å²) in [5, 5.41) is 10.9. The lowest BCUT2D eigenvalue weighted by molar-refractivity contribution is -0.163. The molecule has 2 unspecified atom stereocenters. The maximum Gasteiger partial charge on any atom is 0.312 e. The lowest BCUT2D eigenvalue weighted by atomic mass is 9.94. The molecule has 106 valence electrons. The van der Waals surface area contributed by atoms with Crippen molar-refractivity contribution in [2.75, 3.05) is 0 Å². The minimum Gasteiger partial charge on any atom is -0.460 e. The van der Waals surface area contributed by atoms with Crippen LogP contribution in [0, 0.1) is 12.8 Å². The number of rotatable bonds is 3. The first-order valence-corrected chi connectivity index (χ1v) is 6.66. The molecular formula is C15H21ClO3. The Balaban J connectivity index is 2.87. The Kier molecular flexibility index (Phi) is 4.99. The molecule has 2 atom stereocenters. The van der Waals surface area contributed by atoms with Gasteiger partial charge in [-0.1, -0.05) is 17.7 Å². The Morgan fingerprint density at radius 2 is 1.95 bits per heavy atom. The van der Waals surface area contributed by atoms with Crippen LogP contribution in [-0.2, 0) is 9.53 Å². The largest absolute Gasteiger partial charge is 0.460 e. The van der Waals surface area contributed by atoms with Gasteiger partial charge in [0.1, 0.15) is 5.60 Å². The van der Waals surface area contributed by atoms with Crippen LogP contribution >= 0.6 is 11.6 Å². The number of carbonyl (C=O) groups is 1. The predicted octanol–water partition coefficient (Wildman–Crippen LogP) is 3.66. The van der Waals surface area contributed by atoms with E-state index >= 15 is 0 Å². The second-order valence-corrected chi connectivity index (χ2v) is 6.20. The Morgan fingerprint density at radius 3 is 2.42 bits per heavy atom. The highest BCUT2D eigenvalue weighted by Crippen LogP contribution is 2.28. The summed E-state index contributed by atoms with van der Waals surface area (Å²) in [7, 11) is 0. The van der Waals surface area contributed by atoms with Crippen LogP contribution in [-0.4, -0.2) is 16.7 Å². The van der Waals surface area contributed by atoms with E-state index in [9.17, 15) is 9.90 Å². The van der Waals surface area contributed by atoms with Crippen LogP contribution in [0.5, 0.6) is 0 Å². The molecule has 0 radical (unpaired) electrons. The number of ether oxygens (including phenoxy) is 1. The number of halogens is 1. The SMILES string of the molecule is Cc1cc(Cl)ccc1C(O)C(C)C(=O)OC(C)(C)C. The highest BCUT2D eigenvalue weighted by atomic mass is 35.5. The third kappa shape index (κ3) is 4.51. The van der Waals surface area contributed by atoms with Crippen molar-refractivity contribution < 1.29 is 14.6 Å². The number of esters is 1. The number of hydrogen-bond donors (Lipinski definition) is 1. The molecule has 1 rings (SSSR count). The second-order valence-electron chi connectivity index (χ2n) is 5.77. The monoisotopic (exact) mass is 284 g/mol. The van der Waals surface area contributed by atoms with Crippen LogP contribution < -0.4 is 0 Å². The third-order valence-electron chi connectivity index (χ3n) is 2.80. The van der Waals surface area contributed by atoms with Crippen LogP contribution in [0.25, 0.3) is 0 Å². The quantitative estimate of drug-likeness (QED) is 0.862. The highest BCUT2D eigenvalue weighted by molar-refractivity contribution is 6.30. The van der Waals surface area contributed by atoms with Gasteiger partial charge in [0.2, 0.25) is 0 Å². The number of aliphatic hydroxyl groups excluding tert-OH is 1. The normalized spacial score (nSPS) is 14.9. The zero-order chi connectivity index (χ0) is 14.8. The Labute approximate surface area is 119 Å². The molecule has 0 aliphatic rings. The smallest absolute Gasteiger partial charge is 0.312 e. The van der Waals surface area contributed by atoms with Crippen LogP contribution in [0.2, 0.25) is 5.02 Å². The summed E-state index contributed by atoms with van der Waals surface area (Å²) < 4.78 is 5.28. The molecule has 19 heavy (non-hydrogen) atoms. The molecule has 1 aromatic rings. The minimum atomic E-state index is -0.896. The van der Waals surface area contributed by atoms with Gasteiger partial charge >= 0.3 is 5.97 Å². The molecule has 3 nitrogen and oxygen atoms in total. The van der Waals surface area contributed by atoms with Crippen molar-refractivity contribution in [3.8, 4) is 0 Å². The Morgan fingerprint density at radius 1 is 1.37 bits per heavy atom. The average Bonchev–Trinajstić information content (AvgIpc) is 2.24. The first kappa shape index (κ1) is 16.0. The minimum absolute atomic E-state index is 0.408. The van der Waals surface area contributed by atoms with Gasteiger partial charge in [-0.2, -0.15) is 0 Å². The average molecular weight is 285 g/mol. The summed E-state index contributed by atoms with van der Waals surface area (Å²) in [5.41, 5.74) is 0.998. The van der Waals surface area contributed by atoms with Gasteiger partial charge in [-0.3, -0.25) is 4.79 Å². The van der Waals surface area contributed by atoms with E-state index in [2.05, 4.69) is 0 Å². The zero-order valence-electron chi connectivity index (χ0n) is 12.0. The van der Waals surface area contributed by atoms with Gasteiger partial charge < -0.3 is 9.84 Å². The molecule has 1 N–H and O–H groups in total. The zero-order valence-corrected chi connectivity index (χ0v) is 12.8. The Hall–Kier alpha value is -1.06. The van der Waals surface area contributed by atoms with E-state index in [1.807, 2.05) is 6.92 Å². The second kappa shape index (κ2) is 5.93. The number of benzene rings is 1. The van der Waals surface area contributed by atoms with Gasteiger partial charge in [0.15, 0.2) is 0 Å². The molecule has 4 heteroatoms. The summed E-state index contributed by atoms with van der Waals surface area (Å²) in [6.07, 6.45) is -0.896. The van der Waals surface area contributed by atoms with Gasteiger partial charge in [-0.15, -0.1) is 0 Å². The summed E-state index contributed by atoms with van der Waals surface area (Å²) in [6, 6.07) is 5.21. The van der Waals surface area contributed by atoms with Crippen molar-refractivity contribution in [2.45, 2.75) is 46.3 Å². The van der Waals surface area contributed by atoms with Crippen molar-refractivity contribution in [3.05, 3.63) is 34.3 Å². The van der Waals surface area contributed by atoms with Crippen molar-refractivity contribution in [3.63, 3.8) is 0 Å². The first-order valence-electron chi connectivity index (χ1n) is 6.29. The molecular weight excluding hydrogens is 264 g/mol. The summed E-state index contributed by atoms with van der Waals surface area (Å²) in [4.78, 5) is 11.9. The highest BCUT2D eigenvalue weighted by Gasteiger charge is 2.29. The van der Waals surface area contributed by atoms with Crippen LogP contribution in [0.15, 0.2) is 18.2 Å². The van der Waals surface area contributed by atoms with Gasteiger partial charge in [0.05, 0.1) is 12.0 Å². The van der Waals surface area contributed by atoms with E-state index in [1.165, 1.54) is 0 Å². The van der Waals surface area contributed by atoms with Crippen LogP contribution in [0.3, 0.4) is 0 Å². The fraction of sp³-hybridized carbons (Fsp3) is 0.533. The maximum atomic E-state index is 11.9. The molecule has 0 amide bonds. The van der Waals surface area contributed by atoms with Crippen LogP contribution in [0.4, 0.5) is 0 Å². The topological polar surface area (TPSA) is 46.5 Å². The molecule has 0 saturated heterocycles. The standard InChI is InChI=1S/C15H21ClO3/c1-9-8-11(16)6-7-12(9)13(17)10(2)14(18)19-15(3,4)5/h6-8,10,13,17H,1-5H3. The molecule has 0 fully saturated rings. The number of hydrogen-bond acceptors (Lipinski definition) is 3. The van der Waals surface area contributed by atoms with Crippen molar-refractivity contribution >= 4 is 17.6 Å². The molecule has 0 heterocycles. The Bertz CT molecular complexity index is 463. The number of aliphatic hydroxyl groups is 1. The van der Waals surface area contributed by atoms with Crippen molar-refractivity contribution in [2.24, 2.45) is 5.92 Å².